The van der Waals surface area contributed by atoms with E-state index in [-0.39, 0.29) is 23.4 Å². The van der Waals surface area contributed by atoms with Crippen LogP contribution >= 0.6 is 0 Å². The first kappa shape index (κ1) is 46.7. The van der Waals surface area contributed by atoms with Crippen LogP contribution in [-0.2, 0) is 12.8 Å². The minimum Gasteiger partial charge on any atom is -0.251 e. The van der Waals surface area contributed by atoms with Gasteiger partial charge in [0.2, 0.25) is 6.93 Å². The highest BCUT2D eigenvalue weighted by Gasteiger charge is 2.16. The van der Waals surface area contributed by atoms with Gasteiger partial charge < -0.3 is 0 Å². The van der Waals surface area contributed by atoms with Gasteiger partial charge >= 0.3 is 6.29 Å². The second kappa shape index (κ2) is 25.6. The number of benzene rings is 4. The molecule has 0 aromatic heterocycles. The maximum atomic E-state index is 14.3. The molecule has 0 aliphatic heterocycles. The van der Waals surface area contributed by atoms with Crippen LogP contribution in [0.15, 0.2) is 60.7 Å². The van der Waals surface area contributed by atoms with E-state index in [9.17, 15) is 57.1 Å². The maximum Gasteiger partial charge on any atom is 0.483 e. The van der Waals surface area contributed by atoms with Gasteiger partial charge in [0, 0.05) is 6.07 Å². The van der Waals surface area contributed by atoms with Crippen molar-refractivity contribution in [2.24, 2.45) is 0 Å². The summed E-state index contributed by atoms with van der Waals surface area (Å²) in [5.41, 5.74) is 0.833. The molecule has 0 saturated carbocycles. The van der Waals surface area contributed by atoms with Gasteiger partial charge in [-0.25, -0.2) is 44.3 Å². The monoisotopic (exact) mass is 770 g/mol. The van der Waals surface area contributed by atoms with E-state index in [1.165, 1.54) is 24.3 Å². The molecule has 4 aromatic rings. The molecule has 14 heteroatoms. The Morgan fingerprint density at radius 2 is 0.830 bits per heavy atom. The van der Waals surface area contributed by atoms with Crippen molar-refractivity contribution < 1.29 is 61.9 Å². The number of unbranched alkanes of at least 4 members (excludes halogenated alkanes) is 6. The van der Waals surface area contributed by atoms with E-state index in [0.717, 1.165) is 56.0 Å². The lowest BCUT2D eigenvalue weighted by molar-refractivity contribution is 0.199. The van der Waals surface area contributed by atoms with Gasteiger partial charge in [0.25, 0.3) is 0 Å². The van der Waals surface area contributed by atoms with Gasteiger partial charge in [-0.05, 0) is 116 Å². The Bertz CT molecular complexity index is 1620. The van der Waals surface area contributed by atoms with Crippen molar-refractivity contribution in [2.75, 3.05) is 20.3 Å². The zero-order valence-electron chi connectivity index (χ0n) is 28.8. The molecule has 0 spiro atoms. The second-order valence-electron chi connectivity index (χ2n) is 11.5. The Morgan fingerprint density at radius 3 is 1.23 bits per heavy atom. The molecule has 0 fully saturated rings. The van der Waals surface area contributed by atoms with Gasteiger partial charge in [0.05, 0.1) is 24.5 Å². The van der Waals surface area contributed by atoms with Gasteiger partial charge in [0.15, 0.2) is 0 Å². The van der Waals surface area contributed by atoms with Gasteiger partial charge in [-0.3, -0.25) is 8.78 Å². The van der Waals surface area contributed by atoms with E-state index in [4.69, 9.17) is 4.79 Å². The number of aryl methyl sites for hydroxylation is 3. The molecule has 53 heavy (non-hydrogen) atoms. The molecule has 0 saturated heterocycles. The highest BCUT2D eigenvalue weighted by Crippen LogP contribution is 2.30. The van der Waals surface area contributed by atoms with E-state index >= 15 is 0 Å². The number of hydrogen-bond acceptors (Lipinski definition) is 1. The summed E-state index contributed by atoms with van der Waals surface area (Å²) in [6.45, 7) is -0.854. The third kappa shape index (κ3) is 17.8. The maximum absolute atomic E-state index is 14.3. The minimum absolute atomic E-state index is 0.184. The molecular formula is C39H39F13O. The molecule has 4 rings (SSSR count). The van der Waals surface area contributed by atoms with Gasteiger partial charge in [0.1, 0.15) is 40.7 Å². The Morgan fingerprint density at radius 1 is 0.472 bits per heavy atom. The Labute approximate surface area is 299 Å². The molecule has 0 aliphatic carbocycles. The fourth-order valence-corrected chi connectivity index (χ4v) is 5.09. The van der Waals surface area contributed by atoms with E-state index in [1.54, 1.807) is 6.92 Å². The van der Waals surface area contributed by atoms with Gasteiger partial charge in [-0.2, -0.15) is 0 Å². The van der Waals surface area contributed by atoms with E-state index in [0.29, 0.717) is 61.3 Å². The quantitative estimate of drug-likeness (QED) is 0.0709. The lowest BCUT2D eigenvalue weighted by Gasteiger charge is -2.09. The summed E-state index contributed by atoms with van der Waals surface area (Å²) >= 11 is 0. The van der Waals surface area contributed by atoms with Crippen LogP contribution in [0.4, 0.5) is 61.9 Å². The summed E-state index contributed by atoms with van der Waals surface area (Å²) in [6, 6.07) is 11.5. The van der Waals surface area contributed by atoms with Crippen molar-refractivity contribution in [1.82, 2.24) is 0 Å². The predicted molar refractivity (Wildman–Crippen MR) is 179 cm³/mol. The largest absolute Gasteiger partial charge is 0.483 e. The summed E-state index contributed by atoms with van der Waals surface area (Å²) in [5, 5.41) is 0. The molecule has 0 amide bonds. The standard InChI is InChI=1S/C20H22F4.C17H15F5.CF2O.CH2F2/c1-14-8-9-16(13-17(14)22)20-18(23)11-15(12-19(20)24)7-5-3-2-4-6-10-21;18-5-3-1-2-4-11-6-15(21)17(16(22)7-11)12-8-13(19)10-14(20)9-12;2-1(3)4;2-1-3/h8-9,11-13H,2-7,10H2,1H3;6-10H,1-5H2;;1H2. The Kier molecular flexibility index (Phi) is 22.5. The summed E-state index contributed by atoms with van der Waals surface area (Å²) in [6.07, 6.45) is 3.91. The van der Waals surface area contributed by atoms with Crippen LogP contribution in [0, 0.1) is 47.6 Å². The first-order valence-corrected chi connectivity index (χ1v) is 16.5. The van der Waals surface area contributed by atoms with Crippen molar-refractivity contribution in [3.63, 3.8) is 0 Å². The number of hydrogen-bond donors (Lipinski definition) is 0. The van der Waals surface area contributed by atoms with Crippen LogP contribution in [0.5, 0.6) is 0 Å². The number of alkyl halides is 4. The number of rotatable bonds is 14. The van der Waals surface area contributed by atoms with Crippen LogP contribution in [0.2, 0.25) is 0 Å². The predicted octanol–water partition coefficient (Wildman–Crippen LogP) is 14.1. The van der Waals surface area contributed by atoms with Crippen LogP contribution in [0.1, 0.15) is 68.1 Å². The average molecular weight is 771 g/mol. The van der Waals surface area contributed by atoms with E-state index in [1.807, 2.05) is 0 Å². The van der Waals surface area contributed by atoms with E-state index in [2.05, 4.69) is 0 Å². The molecule has 0 atom stereocenters. The lowest BCUT2D eigenvalue weighted by Crippen LogP contribution is -1.96. The van der Waals surface area contributed by atoms with Crippen LogP contribution in [0.3, 0.4) is 0 Å². The molecule has 0 heterocycles. The van der Waals surface area contributed by atoms with Gasteiger partial charge in [-0.1, -0.05) is 37.8 Å². The van der Waals surface area contributed by atoms with Crippen molar-refractivity contribution in [3.05, 3.63) is 118 Å². The highest BCUT2D eigenvalue weighted by molar-refractivity contribution is 5.66. The topological polar surface area (TPSA) is 17.1 Å². The molecule has 0 aliphatic rings. The van der Waals surface area contributed by atoms with Crippen molar-refractivity contribution in [1.29, 1.82) is 0 Å². The minimum atomic E-state index is -2.83. The molecule has 0 radical (unpaired) electrons. The molecule has 292 valence electrons. The molecule has 4 aromatic carbocycles. The SMILES string of the molecule is Cc1ccc(-c2c(F)cc(CCCCCCCF)cc2F)cc1F.FCCCCCc1cc(F)c(-c2cc(F)cc(F)c2)c(F)c1.FCF.O=C(F)F. The van der Waals surface area contributed by atoms with Crippen LogP contribution in [0.25, 0.3) is 22.3 Å². The Balaban J connectivity index is 0.000000452. The van der Waals surface area contributed by atoms with Crippen LogP contribution < -0.4 is 0 Å². The zero-order valence-corrected chi connectivity index (χ0v) is 28.8. The molecular weight excluding hydrogens is 731 g/mol. The summed E-state index contributed by atoms with van der Waals surface area (Å²) < 4.78 is 159. The van der Waals surface area contributed by atoms with Crippen LogP contribution in [-0.4, -0.2) is 26.6 Å². The highest BCUT2D eigenvalue weighted by atomic mass is 19.3. The fraction of sp³-hybridized carbons (Fsp3) is 0.359. The summed E-state index contributed by atoms with van der Waals surface area (Å²) in [5.74, 6) is -5.37. The third-order valence-electron chi connectivity index (χ3n) is 7.51. The Hall–Kier alpha value is -4.36. The number of carbonyl (C=O) groups is 1. The smallest absolute Gasteiger partial charge is 0.251 e. The third-order valence-corrected chi connectivity index (χ3v) is 7.51. The zero-order chi connectivity index (χ0) is 39.9. The average Bonchev–Trinajstić information content (AvgIpc) is 3.06. The first-order chi connectivity index (χ1) is 25.2. The fourth-order valence-electron chi connectivity index (χ4n) is 5.09. The van der Waals surface area contributed by atoms with Gasteiger partial charge in [-0.15, -0.1) is 8.78 Å². The molecule has 0 bridgehead atoms. The number of carbonyl (C=O) groups excluding carboxylic acids is 1. The first-order valence-electron chi connectivity index (χ1n) is 16.5. The normalized spacial score (nSPS) is 10.4. The van der Waals surface area contributed by atoms with Crippen molar-refractivity contribution >= 4 is 6.29 Å². The summed E-state index contributed by atoms with van der Waals surface area (Å²) in [7, 11) is 0. The molecule has 1 nitrogen and oxygen atoms in total. The molecule has 0 N–H and O–H groups in total. The number of halogens is 13. The van der Waals surface area contributed by atoms with Crippen molar-refractivity contribution in [2.45, 2.75) is 71.1 Å². The summed E-state index contributed by atoms with van der Waals surface area (Å²) in [4.78, 5) is 8.11. The van der Waals surface area contributed by atoms with Crippen molar-refractivity contribution in [3.8, 4) is 22.3 Å². The van der Waals surface area contributed by atoms with E-state index < -0.39 is 66.2 Å². The molecule has 0 unspecified atom stereocenters. The lowest BCUT2D eigenvalue weighted by atomic mass is 9.98. The second-order valence-corrected chi connectivity index (χ2v) is 11.5.